The van der Waals surface area contributed by atoms with Crippen molar-refractivity contribution in [2.24, 2.45) is 0 Å². The van der Waals surface area contributed by atoms with Crippen molar-refractivity contribution in [1.29, 1.82) is 0 Å². The van der Waals surface area contributed by atoms with Gasteiger partial charge in [0.05, 0.1) is 12.1 Å². The van der Waals surface area contributed by atoms with Crippen LogP contribution in [0.1, 0.15) is 45.6 Å². The van der Waals surface area contributed by atoms with E-state index < -0.39 is 17.8 Å². The van der Waals surface area contributed by atoms with Crippen LogP contribution in [0.25, 0.3) is 0 Å². The normalized spacial score (nSPS) is 21.9. The lowest BCUT2D eigenvalue weighted by molar-refractivity contribution is -0.110. The molecule has 0 aliphatic heterocycles. The van der Waals surface area contributed by atoms with E-state index in [4.69, 9.17) is 9.47 Å². The van der Waals surface area contributed by atoms with E-state index in [0.717, 1.165) is 5.56 Å². The van der Waals surface area contributed by atoms with E-state index in [1.54, 1.807) is 20.8 Å². The largest absolute Gasteiger partial charge is 0.445 e. The molecule has 154 valence electrons. The number of ether oxygens (including phenoxy) is 2. The third-order valence-corrected chi connectivity index (χ3v) is 4.37. The maximum Gasteiger partial charge on any atom is 0.407 e. The highest BCUT2D eigenvalue weighted by Gasteiger charge is 2.34. The average molecular weight is 391 g/mol. The van der Waals surface area contributed by atoms with Gasteiger partial charge in [0.2, 0.25) is 6.41 Å². The van der Waals surface area contributed by atoms with Gasteiger partial charge in [0.25, 0.3) is 0 Å². The molecule has 1 aromatic rings. The Kier molecular flexibility index (Phi) is 7.66. The van der Waals surface area contributed by atoms with Gasteiger partial charge in [-0.2, -0.15) is 0 Å². The van der Waals surface area contributed by atoms with Crippen molar-refractivity contribution < 1.29 is 23.9 Å². The Bertz CT molecular complexity index is 660. The van der Waals surface area contributed by atoms with E-state index in [-0.39, 0.29) is 24.7 Å². The predicted octanol–water partition coefficient (Wildman–Crippen LogP) is 2.47. The summed E-state index contributed by atoms with van der Waals surface area (Å²) in [5.41, 5.74) is 0.261. The van der Waals surface area contributed by atoms with Crippen LogP contribution in [0.15, 0.2) is 30.3 Å². The second kappa shape index (κ2) is 9.96. The van der Waals surface area contributed by atoms with Gasteiger partial charge >= 0.3 is 12.2 Å². The van der Waals surface area contributed by atoms with Gasteiger partial charge in [0, 0.05) is 6.04 Å². The van der Waals surface area contributed by atoms with Crippen LogP contribution in [0.5, 0.6) is 0 Å². The van der Waals surface area contributed by atoms with Crippen LogP contribution >= 0.6 is 0 Å². The van der Waals surface area contributed by atoms with Crippen molar-refractivity contribution in [2.45, 2.75) is 70.4 Å². The highest BCUT2D eigenvalue weighted by atomic mass is 16.6. The van der Waals surface area contributed by atoms with Gasteiger partial charge in [-0.15, -0.1) is 0 Å². The molecule has 1 aliphatic carbocycles. The van der Waals surface area contributed by atoms with Crippen LogP contribution in [0.3, 0.4) is 0 Å². The lowest BCUT2D eigenvalue weighted by atomic mass is 9.87. The monoisotopic (exact) mass is 391 g/mol. The highest BCUT2D eigenvalue weighted by Crippen LogP contribution is 2.20. The van der Waals surface area contributed by atoms with Gasteiger partial charge in [-0.05, 0) is 45.6 Å². The van der Waals surface area contributed by atoms with Gasteiger partial charge in [-0.1, -0.05) is 30.3 Å². The van der Waals surface area contributed by atoms with E-state index in [9.17, 15) is 14.4 Å². The number of hydrogen-bond acceptors (Lipinski definition) is 5. The number of amides is 3. The molecular weight excluding hydrogens is 362 g/mol. The van der Waals surface area contributed by atoms with E-state index >= 15 is 0 Å². The number of rotatable bonds is 6. The summed E-state index contributed by atoms with van der Waals surface area (Å²) >= 11 is 0. The quantitative estimate of drug-likeness (QED) is 0.646. The van der Waals surface area contributed by atoms with E-state index in [1.165, 1.54) is 0 Å². The molecule has 28 heavy (non-hydrogen) atoms. The number of benzene rings is 1. The summed E-state index contributed by atoms with van der Waals surface area (Å²) in [5, 5.41) is 8.37. The minimum absolute atomic E-state index is 0.0733. The van der Waals surface area contributed by atoms with E-state index in [0.29, 0.717) is 25.7 Å². The SMILES string of the molecule is CC(C)(C)OC(=O)NC1CC(NC=O)CCC1NC(=O)OCc1ccccc1. The molecule has 3 unspecified atom stereocenters. The van der Waals surface area contributed by atoms with Gasteiger partial charge < -0.3 is 25.4 Å². The van der Waals surface area contributed by atoms with Crippen molar-refractivity contribution >= 4 is 18.6 Å². The summed E-state index contributed by atoms with van der Waals surface area (Å²) in [4.78, 5) is 35.1. The number of nitrogens with one attached hydrogen (secondary N) is 3. The Morgan fingerprint density at radius 3 is 2.39 bits per heavy atom. The lowest BCUT2D eigenvalue weighted by Crippen LogP contribution is -2.57. The van der Waals surface area contributed by atoms with Crippen LogP contribution in [0.4, 0.5) is 9.59 Å². The number of alkyl carbamates (subject to hydrolysis) is 2. The molecule has 1 aliphatic rings. The van der Waals surface area contributed by atoms with Gasteiger partial charge in [-0.3, -0.25) is 4.79 Å². The van der Waals surface area contributed by atoms with Gasteiger partial charge in [-0.25, -0.2) is 9.59 Å². The summed E-state index contributed by atoms with van der Waals surface area (Å²) in [5.74, 6) is 0. The number of carbonyl (C=O) groups excluding carboxylic acids is 3. The molecular formula is C20H29N3O5. The first kappa shape index (κ1) is 21.5. The molecule has 3 atom stereocenters. The molecule has 2 rings (SSSR count). The number of carbonyl (C=O) groups is 3. The van der Waals surface area contributed by atoms with Crippen molar-refractivity contribution in [2.75, 3.05) is 0 Å². The zero-order valence-corrected chi connectivity index (χ0v) is 16.6. The summed E-state index contributed by atoms with van der Waals surface area (Å²) in [7, 11) is 0. The van der Waals surface area contributed by atoms with Crippen molar-refractivity contribution in [3.63, 3.8) is 0 Å². The second-order valence-corrected chi connectivity index (χ2v) is 7.86. The zero-order chi connectivity index (χ0) is 20.6. The lowest BCUT2D eigenvalue weighted by Gasteiger charge is -2.36. The molecule has 8 nitrogen and oxygen atoms in total. The third-order valence-electron chi connectivity index (χ3n) is 4.37. The topological polar surface area (TPSA) is 106 Å². The van der Waals surface area contributed by atoms with Crippen molar-refractivity contribution in [3.8, 4) is 0 Å². The maximum absolute atomic E-state index is 12.2. The Balaban J connectivity index is 1.93. The summed E-state index contributed by atoms with van der Waals surface area (Å²) in [6, 6.07) is 8.61. The van der Waals surface area contributed by atoms with E-state index in [2.05, 4.69) is 16.0 Å². The number of hydrogen-bond donors (Lipinski definition) is 3. The predicted molar refractivity (Wildman–Crippen MR) is 104 cm³/mol. The maximum atomic E-state index is 12.2. The van der Waals surface area contributed by atoms with Gasteiger partial charge in [0.15, 0.2) is 0 Å². The van der Waals surface area contributed by atoms with Crippen LogP contribution in [0, 0.1) is 0 Å². The van der Waals surface area contributed by atoms with E-state index in [1.807, 2.05) is 30.3 Å². The summed E-state index contributed by atoms with van der Waals surface area (Å²) in [6.07, 6.45) is 1.31. The standard InChI is InChI=1S/C20H29N3O5/c1-20(2,3)28-19(26)23-17-11-15(21-13-24)9-10-16(17)22-18(25)27-12-14-7-5-4-6-8-14/h4-8,13,15-17H,9-12H2,1-3H3,(H,21,24)(H,22,25)(H,23,26). The first-order valence-corrected chi connectivity index (χ1v) is 9.43. The molecule has 0 saturated heterocycles. The zero-order valence-electron chi connectivity index (χ0n) is 16.6. The Labute approximate surface area is 165 Å². The first-order chi connectivity index (χ1) is 13.3. The van der Waals surface area contributed by atoms with Crippen molar-refractivity contribution in [3.05, 3.63) is 35.9 Å². The molecule has 1 saturated carbocycles. The minimum Gasteiger partial charge on any atom is -0.445 e. The average Bonchev–Trinajstić information content (AvgIpc) is 2.62. The summed E-state index contributed by atoms with van der Waals surface area (Å²) < 4.78 is 10.6. The fourth-order valence-electron chi connectivity index (χ4n) is 3.13. The smallest absolute Gasteiger partial charge is 0.407 e. The van der Waals surface area contributed by atoms with Gasteiger partial charge in [0.1, 0.15) is 12.2 Å². The molecule has 8 heteroatoms. The molecule has 0 aromatic heterocycles. The molecule has 0 heterocycles. The fraction of sp³-hybridized carbons (Fsp3) is 0.550. The molecule has 1 aromatic carbocycles. The molecule has 3 N–H and O–H groups in total. The first-order valence-electron chi connectivity index (χ1n) is 9.43. The Morgan fingerprint density at radius 1 is 1.07 bits per heavy atom. The highest BCUT2D eigenvalue weighted by molar-refractivity contribution is 5.70. The molecule has 0 radical (unpaired) electrons. The van der Waals surface area contributed by atoms with Crippen LogP contribution < -0.4 is 16.0 Å². The molecule has 3 amide bonds. The summed E-state index contributed by atoms with van der Waals surface area (Å²) in [6.45, 7) is 5.50. The molecule has 0 spiro atoms. The van der Waals surface area contributed by atoms with Crippen LogP contribution in [0.2, 0.25) is 0 Å². The fourth-order valence-corrected chi connectivity index (χ4v) is 3.13. The Hall–Kier alpha value is -2.77. The molecule has 1 fully saturated rings. The van der Waals surface area contributed by atoms with Crippen LogP contribution in [-0.4, -0.2) is 42.3 Å². The third kappa shape index (κ3) is 7.46. The van der Waals surface area contributed by atoms with Crippen LogP contribution in [-0.2, 0) is 20.9 Å². The van der Waals surface area contributed by atoms with Crippen molar-refractivity contribution in [1.82, 2.24) is 16.0 Å². The second-order valence-electron chi connectivity index (χ2n) is 7.86. The molecule has 0 bridgehead atoms. The Morgan fingerprint density at radius 2 is 1.75 bits per heavy atom. The minimum atomic E-state index is -0.628.